The second-order valence-corrected chi connectivity index (χ2v) is 8.47. The number of carbonyl (C=O) groups is 1. The number of anilines is 1. The van der Waals surface area contributed by atoms with E-state index in [1.807, 2.05) is 24.3 Å². The Kier molecular flexibility index (Phi) is 4.91. The molecule has 0 saturated heterocycles. The number of thiophene rings is 1. The molecule has 26 heavy (non-hydrogen) atoms. The highest BCUT2D eigenvalue weighted by atomic mass is 79.9. The number of nitrogens with one attached hydrogen (secondary N) is 1. The van der Waals surface area contributed by atoms with Crippen LogP contribution in [-0.2, 0) is 17.6 Å². The van der Waals surface area contributed by atoms with Crippen molar-refractivity contribution in [3.05, 3.63) is 45.5 Å². The number of benzene rings is 1. The van der Waals surface area contributed by atoms with Gasteiger partial charge < -0.3 is 10.1 Å². The minimum atomic E-state index is -0.221. The van der Waals surface area contributed by atoms with E-state index in [4.69, 9.17) is 4.74 Å². The van der Waals surface area contributed by atoms with E-state index in [1.165, 1.54) is 16.8 Å². The van der Waals surface area contributed by atoms with Crippen molar-refractivity contribution >= 4 is 49.1 Å². The molecule has 1 aliphatic carbocycles. The number of rotatable bonds is 4. The van der Waals surface area contributed by atoms with Crippen LogP contribution in [0.4, 0.5) is 5.69 Å². The van der Waals surface area contributed by atoms with Crippen LogP contribution >= 0.6 is 27.3 Å². The molecule has 0 aliphatic heterocycles. The van der Waals surface area contributed by atoms with Gasteiger partial charge in [-0.3, -0.25) is 4.79 Å². The molecule has 0 radical (unpaired) electrons. The largest absolute Gasteiger partial charge is 0.467 e. The molecule has 5 nitrogen and oxygen atoms in total. The van der Waals surface area contributed by atoms with Crippen LogP contribution in [0, 0.1) is 5.92 Å². The van der Waals surface area contributed by atoms with E-state index in [0.717, 1.165) is 39.6 Å². The van der Waals surface area contributed by atoms with Gasteiger partial charge in [-0.2, -0.15) is 0 Å². The lowest BCUT2D eigenvalue weighted by molar-refractivity contribution is -0.118. The molecule has 0 spiro atoms. The molecule has 4 rings (SSSR count). The fourth-order valence-corrected chi connectivity index (χ4v) is 4.96. The van der Waals surface area contributed by atoms with Crippen LogP contribution in [0.15, 0.2) is 35.1 Å². The van der Waals surface area contributed by atoms with Crippen LogP contribution in [0.5, 0.6) is 5.88 Å². The van der Waals surface area contributed by atoms with Gasteiger partial charge in [0, 0.05) is 9.35 Å². The van der Waals surface area contributed by atoms with Crippen LogP contribution < -0.4 is 10.1 Å². The lowest BCUT2D eigenvalue weighted by Gasteiger charge is -2.18. The van der Waals surface area contributed by atoms with Gasteiger partial charge in [0.15, 0.2) is 6.61 Å². The third-order valence-electron chi connectivity index (χ3n) is 4.54. The van der Waals surface area contributed by atoms with Crippen molar-refractivity contribution in [3.8, 4) is 5.88 Å². The number of carbonyl (C=O) groups excluding carboxylic acids is 1. The lowest BCUT2D eigenvalue weighted by Crippen LogP contribution is -2.21. The molecule has 1 aliphatic rings. The van der Waals surface area contributed by atoms with Gasteiger partial charge in [0.1, 0.15) is 11.2 Å². The van der Waals surface area contributed by atoms with Gasteiger partial charge in [0.05, 0.1) is 11.1 Å². The van der Waals surface area contributed by atoms with Crippen molar-refractivity contribution in [3.63, 3.8) is 0 Å². The number of aryl methyl sites for hydroxylation is 1. The number of halogens is 1. The van der Waals surface area contributed by atoms with Crippen molar-refractivity contribution in [2.45, 2.75) is 26.2 Å². The molecule has 0 fully saturated rings. The highest BCUT2D eigenvalue weighted by Gasteiger charge is 2.23. The molecule has 1 amide bonds. The van der Waals surface area contributed by atoms with Gasteiger partial charge >= 0.3 is 0 Å². The molecule has 0 saturated carbocycles. The molecular formula is C19H18BrN3O2S. The van der Waals surface area contributed by atoms with Crippen molar-refractivity contribution < 1.29 is 9.53 Å². The number of aromatic nitrogens is 2. The van der Waals surface area contributed by atoms with Gasteiger partial charge in [-0.25, -0.2) is 9.97 Å². The number of para-hydroxylation sites is 1. The third-order valence-corrected chi connectivity index (χ3v) is 6.40. The van der Waals surface area contributed by atoms with E-state index < -0.39 is 0 Å². The molecule has 1 aromatic carbocycles. The van der Waals surface area contributed by atoms with Gasteiger partial charge in [-0.15, -0.1) is 11.3 Å². The van der Waals surface area contributed by atoms with Crippen LogP contribution in [0.1, 0.15) is 23.8 Å². The highest BCUT2D eigenvalue weighted by molar-refractivity contribution is 9.10. The minimum absolute atomic E-state index is 0.0888. The van der Waals surface area contributed by atoms with Gasteiger partial charge in [-0.05, 0) is 58.8 Å². The lowest BCUT2D eigenvalue weighted by atomic mass is 9.89. The summed E-state index contributed by atoms with van der Waals surface area (Å²) in [4.78, 5) is 23.3. The Morgan fingerprint density at radius 2 is 2.23 bits per heavy atom. The number of ether oxygens (including phenoxy) is 1. The molecule has 134 valence electrons. The minimum Gasteiger partial charge on any atom is -0.467 e. The zero-order valence-corrected chi connectivity index (χ0v) is 16.7. The number of hydrogen-bond acceptors (Lipinski definition) is 5. The van der Waals surface area contributed by atoms with Crippen LogP contribution in [0.25, 0.3) is 10.2 Å². The Hall–Kier alpha value is -1.99. The summed E-state index contributed by atoms with van der Waals surface area (Å²) >= 11 is 5.14. The average molecular weight is 432 g/mol. The van der Waals surface area contributed by atoms with Crippen molar-refractivity contribution in [1.29, 1.82) is 0 Å². The first kappa shape index (κ1) is 17.4. The summed E-state index contributed by atoms with van der Waals surface area (Å²) in [5, 5.41) is 3.82. The summed E-state index contributed by atoms with van der Waals surface area (Å²) < 4.78 is 6.60. The Labute approximate surface area is 163 Å². The van der Waals surface area contributed by atoms with E-state index in [9.17, 15) is 4.79 Å². The fraction of sp³-hybridized carbons (Fsp3) is 0.316. The topological polar surface area (TPSA) is 64.1 Å². The first-order valence-electron chi connectivity index (χ1n) is 8.54. The fourth-order valence-electron chi connectivity index (χ4n) is 3.24. The van der Waals surface area contributed by atoms with E-state index in [0.29, 0.717) is 11.8 Å². The zero-order valence-electron chi connectivity index (χ0n) is 14.3. The first-order valence-corrected chi connectivity index (χ1v) is 10.1. The SMILES string of the molecule is CC1CCc2c(sc3ncnc(OCC(=O)Nc4ccccc4Br)c23)C1. The summed E-state index contributed by atoms with van der Waals surface area (Å²) in [6.45, 7) is 2.19. The maximum Gasteiger partial charge on any atom is 0.262 e. The van der Waals surface area contributed by atoms with Crippen LogP contribution in [0.3, 0.4) is 0 Å². The molecule has 7 heteroatoms. The predicted molar refractivity (Wildman–Crippen MR) is 107 cm³/mol. The predicted octanol–water partition coefficient (Wildman–Crippen LogP) is 4.60. The molecule has 2 heterocycles. The van der Waals surface area contributed by atoms with E-state index in [1.54, 1.807) is 11.3 Å². The maximum atomic E-state index is 12.2. The molecule has 2 aromatic heterocycles. The second kappa shape index (κ2) is 7.32. The monoisotopic (exact) mass is 431 g/mol. The van der Waals surface area contributed by atoms with E-state index in [-0.39, 0.29) is 12.5 Å². The van der Waals surface area contributed by atoms with Crippen LogP contribution in [0.2, 0.25) is 0 Å². The Balaban J connectivity index is 1.52. The molecule has 0 bridgehead atoms. The summed E-state index contributed by atoms with van der Waals surface area (Å²) in [6, 6.07) is 7.48. The average Bonchev–Trinajstić information content (AvgIpc) is 3.00. The Morgan fingerprint density at radius 1 is 1.38 bits per heavy atom. The summed E-state index contributed by atoms with van der Waals surface area (Å²) in [5.74, 6) is 0.980. The molecule has 1 atom stereocenters. The summed E-state index contributed by atoms with van der Waals surface area (Å²) in [7, 11) is 0. The Bertz CT molecular complexity index is 973. The standard InChI is InChI=1S/C19H18BrN3O2S/c1-11-6-7-12-15(8-11)26-19-17(12)18(21-10-22-19)25-9-16(24)23-14-5-3-2-4-13(14)20/h2-5,10-11H,6-9H2,1H3,(H,23,24). The van der Waals surface area contributed by atoms with E-state index >= 15 is 0 Å². The van der Waals surface area contributed by atoms with Crippen molar-refractivity contribution in [1.82, 2.24) is 9.97 Å². The van der Waals surface area contributed by atoms with Crippen molar-refractivity contribution in [2.24, 2.45) is 5.92 Å². The first-order chi connectivity index (χ1) is 12.6. The molecule has 1 unspecified atom stereocenters. The normalized spacial score (nSPS) is 16.3. The van der Waals surface area contributed by atoms with Crippen LogP contribution in [-0.4, -0.2) is 22.5 Å². The molecule has 1 N–H and O–H groups in total. The molecule has 3 aromatic rings. The van der Waals surface area contributed by atoms with Gasteiger partial charge in [-0.1, -0.05) is 19.1 Å². The number of amides is 1. The number of hydrogen-bond donors (Lipinski definition) is 1. The van der Waals surface area contributed by atoms with Crippen molar-refractivity contribution in [2.75, 3.05) is 11.9 Å². The van der Waals surface area contributed by atoms with Gasteiger partial charge in [0.25, 0.3) is 5.91 Å². The van der Waals surface area contributed by atoms with Gasteiger partial charge in [0.2, 0.25) is 5.88 Å². The highest BCUT2D eigenvalue weighted by Crippen LogP contribution is 2.40. The quantitative estimate of drug-likeness (QED) is 0.655. The summed E-state index contributed by atoms with van der Waals surface area (Å²) in [6.07, 6.45) is 4.77. The second-order valence-electron chi connectivity index (χ2n) is 6.53. The number of fused-ring (bicyclic) bond motifs is 3. The third kappa shape index (κ3) is 3.46. The number of nitrogens with zero attached hydrogens (tertiary/aromatic N) is 2. The Morgan fingerprint density at radius 3 is 3.08 bits per heavy atom. The maximum absolute atomic E-state index is 12.2. The zero-order chi connectivity index (χ0) is 18.1. The smallest absolute Gasteiger partial charge is 0.262 e. The molecular weight excluding hydrogens is 414 g/mol. The van der Waals surface area contributed by atoms with E-state index in [2.05, 4.69) is 38.1 Å². The summed E-state index contributed by atoms with van der Waals surface area (Å²) in [5.41, 5.74) is 2.01.